The molecule has 0 heterocycles. The Labute approximate surface area is 240 Å². The number of ether oxygens (including phenoxy) is 1. The van der Waals surface area contributed by atoms with Crippen molar-refractivity contribution in [3.8, 4) is 5.75 Å². The van der Waals surface area contributed by atoms with Gasteiger partial charge in [0.2, 0.25) is 11.8 Å². The van der Waals surface area contributed by atoms with Crippen LogP contribution in [0.1, 0.15) is 39.7 Å². The third-order valence-corrected chi connectivity index (χ3v) is 7.99. The van der Waals surface area contributed by atoms with Crippen molar-refractivity contribution in [2.45, 2.75) is 57.6 Å². The zero-order valence-electron chi connectivity index (χ0n) is 23.5. The number of nitrogens with one attached hydrogen (secondary N) is 1. The number of hydrogen-bond donors (Lipinski definition) is 1. The summed E-state index contributed by atoms with van der Waals surface area (Å²) in [6, 6.07) is 14.8. The highest BCUT2D eigenvalue weighted by atomic mass is 32.2. The van der Waals surface area contributed by atoms with Crippen LogP contribution < -0.4 is 14.4 Å². The highest BCUT2D eigenvalue weighted by Gasteiger charge is 2.34. The standard InChI is InChI=1S/C30H35F2N3O5S/c1-5-28(30(37)33-21(3)4)34(19-22-7-9-23(31)10-8-22)29(36)20-35(25-13-15-26(16-14-25)40-6-2)41(38,39)27-17-11-24(32)12-18-27/h7-18,21,28H,5-6,19-20H2,1-4H3,(H,33,37)/t28-/m0/s1. The first-order chi connectivity index (χ1) is 19.5. The van der Waals surface area contributed by atoms with Gasteiger partial charge in [0.15, 0.2) is 0 Å². The van der Waals surface area contributed by atoms with Crippen LogP contribution in [0.5, 0.6) is 5.75 Å². The Kier molecular flexibility index (Phi) is 10.8. The van der Waals surface area contributed by atoms with Gasteiger partial charge in [0.05, 0.1) is 17.2 Å². The average molecular weight is 588 g/mol. The van der Waals surface area contributed by atoms with E-state index in [-0.39, 0.29) is 29.6 Å². The number of halogens is 2. The Morgan fingerprint density at radius 2 is 1.44 bits per heavy atom. The lowest BCUT2D eigenvalue weighted by Gasteiger charge is -2.33. The third-order valence-electron chi connectivity index (χ3n) is 6.20. The van der Waals surface area contributed by atoms with Gasteiger partial charge in [-0.2, -0.15) is 0 Å². The molecule has 0 aliphatic heterocycles. The van der Waals surface area contributed by atoms with Crippen LogP contribution in [0.4, 0.5) is 14.5 Å². The molecule has 3 rings (SSSR count). The molecule has 0 radical (unpaired) electrons. The lowest BCUT2D eigenvalue weighted by Crippen LogP contribution is -2.53. The fraction of sp³-hybridized carbons (Fsp3) is 0.333. The number of hydrogen-bond acceptors (Lipinski definition) is 5. The van der Waals surface area contributed by atoms with Crippen LogP contribution >= 0.6 is 0 Å². The van der Waals surface area contributed by atoms with Gasteiger partial charge >= 0.3 is 0 Å². The normalized spacial score (nSPS) is 12.1. The van der Waals surface area contributed by atoms with Gasteiger partial charge in [0.25, 0.3) is 10.0 Å². The Bertz CT molecular complexity index is 1410. The molecular formula is C30H35F2N3O5S. The van der Waals surface area contributed by atoms with E-state index in [2.05, 4.69) is 5.32 Å². The second-order valence-electron chi connectivity index (χ2n) is 9.63. The van der Waals surface area contributed by atoms with Crippen molar-refractivity contribution in [3.05, 3.63) is 90.0 Å². The maximum absolute atomic E-state index is 14.0. The van der Waals surface area contributed by atoms with Crippen LogP contribution in [0, 0.1) is 11.6 Å². The summed E-state index contributed by atoms with van der Waals surface area (Å²) < 4.78 is 61.2. The minimum Gasteiger partial charge on any atom is -0.494 e. The van der Waals surface area contributed by atoms with E-state index in [0.29, 0.717) is 17.9 Å². The van der Waals surface area contributed by atoms with Crippen LogP contribution in [0.3, 0.4) is 0 Å². The molecule has 0 bridgehead atoms. The number of rotatable bonds is 13. The summed E-state index contributed by atoms with van der Waals surface area (Å²) in [4.78, 5) is 28.2. The second-order valence-corrected chi connectivity index (χ2v) is 11.5. The number of carbonyl (C=O) groups is 2. The van der Waals surface area contributed by atoms with Gasteiger partial charge in [-0.1, -0.05) is 19.1 Å². The first kappa shape index (κ1) is 31.5. The van der Waals surface area contributed by atoms with Crippen LogP contribution in [0.15, 0.2) is 77.7 Å². The van der Waals surface area contributed by atoms with Crippen molar-refractivity contribution in [3.63, 3.8) is 0 Å². The zero-order chi connectivity index (χ0) is 30.2. The van der Waals surface area contributed by atoms with E-state index in [0.717, 1.165) is 28.6 Å². The molecule has 8 nitrogen and oxygen atoms in total. The summed E-state index contributed by atoms with van der Waals surface area (Å²) in [6.45, 7) is 6.84. The van der Waals surface area contributed by atoms with Crippen LogP contribution in [0.2, 0.25) is 0 Å². The molecule has 1 N–H and O–H groups in total. The number of sulfonamides is 1. The highest BCUT2D eigenvalue weighted by Crippen LogP contribution is 2.27. The molecule has 0 saturated heterocycles. The molecule has 0 aliphatic rings. The number of benzene rings is 3. The molecule has 3 aromatic carbocycles. The van der Waals surface area contributed by atoms with E-state index in [9.17, 15) is 26.8 Å². The van der Waals surface area contributed by atoms with Crippen molar-refractivity contribution in [1.29, 1.82) is 0 Å². The lowest BCUT2D eigenvalue weighted by atomic mass is 10.1. The summed E-state index contributed by atoms with van der Waals surface area (Å²) in [5, 5.41) is 2.81. The third kappa shape index (κ3) is 8.26. The van der Waals surface area contributed by atoms with Gasteiger partial charge in [0, 0.05) is 12.6 Å². The summed E-state index contributed by atoms with van der Waals surface area (Å²) in [7, 11) is -4.35. The summed E-state index contributed by atoms with van der Waals surface area (Å²) in [5.74, 6) is -1.61. The number of anilines is 1. The minimum absolute atomic E-state index is 0.0587. The largest absolute Gasteiger partial charge is 0.494 e. The van der Waals surface area contributed by atoms with Gasteiger partial charge in [-0.15, -0.1) is 0 Å². The average Bonchev–Trinajstić information content (AvgIpc) is 2.93. The molecule has 0 fully saturated rings. The molecule has 41 heavy (non-hydrogen) atoms. The monoisotopic (exact) mass is 587 g/mol. The Morgan fingerprint density at radius 1 is 0.878 bits per heavy atom. The molecule has 1 atom stereocenters. The summed E-state index contributed by atoms with van der Waals surface area (Å²) >= 11 is 0. The van der Waals surface area contributed by atoms with Gasteiger partial charge in [-0.05, 0) is 93.4 Å². The lowest BCUT2D eigenvalue weighted by molar-refractivity contribution is -0.140. The molecular weight excluding hydrogens is 552 g/mol. The quantitative estimate of drug-likeness (QED) is 0.307. The van der Waals surface area contributed by atoms with Crippen molar-refractivity contribution in [2.24, 2.45) is 0 Å². The molecule has 0 aromatic heterocycles. The van der Waals surface area contributed by atoms with E-state index in [1.165, 1.54) is 41.3 Å². The molecule has 0 saturated carbocycles. The fourth-order valence-corrected chi connectivity index (χ4v) is 5.64. The Morgan fingerprint density at radius 3 is 1.95 bits per heavy atom. The molecule has 11 heteroatoms. The van der Waals surface area contributed by atoms with Crippen LogP contribution in [-0.4, -0.2) is 50.4 Å². The first-order valence-electron chi connectivity index (χ1n) is 13.3. The topological polar surface area (TPSA) is 96.0 Å². The molecule has 0 unspecified atom stereocenters. The van der Waals surface area contributed by atoms with Gasteiger partial charge in [-0.3, -0.25) is 13.9 Å². The summed E-state index contributed by atoms with van der Waals surface area (Å²) in [6.07, 6.45) is 0.249. The Balaban J connectivity index is 2.06. The fourth-order valence-electron chi connectivity index (χ4n) is 4.22. The van der Waals surface area contributed by atoms with Crippen LogP contribution in [-0.2, 0) is 26.2 Å². The van der Waals surface area contributed by atoms with E-state index < -0.39 is 46.1 Å². The molecule has 3 aromatic rings. The van der Waals surface area contributed by atoms with Crippen LogP contribution in [0.25, 0.3) is 0 Å². The Hall–Kier alpha value is -3.99. The predicted octanol–water partition coefficient (Wildman–Crippen LogP) is 4.89. The molecule has 0 spiro atoms. The predicted molar refractivity (Wildman–Crippen MR) is 153 cm³/mol. The minimum atomic E-state index is -4.35. The van der Waals surface area contributed by atoms with Crippen molar-refractivity contribution in [2.75, 3.05) is 17.5 Å². The maximum Gasteiger partial charge on any atom is 0.264 e. The number of carbonyl (C=O) groups excluding carboxylic acids is 2. The van der Waals surface area contributed by atoms with Gasteiger partial charge < -0.3 is 15.0 Å². The number of amides is 2. The van der Waals surface area contributed by atoms with Crippen molar-refractivity contribution >= 4 is 27.5 Å². The first-order valence-corrected chi connectivity index (χ1v) is 14.8. The molecule has 2 amide bonds. The number of nitrogens with zero attached hydrogens (tertiary/aromatic N) is 2. The van der Waals surface area contributed by atoms with E-state index >= 15 is 0 Å². The van der Waals surface area contributed by atoms with E-state index in [4.69, 9.17) is 4.74 Å². The van der Waals surface area contributed by atoms with Crippen molar-refractivity contribution < 1.29 is 31.5 Å². The highest BCUT2D eigenvalue weighted by molar-refractivity contribution is 7.92. The van der Waals surface area contributed by atoms with Gasteiger partial charge in [-0.25, -0.2) is 17.2 Å². The second kappa shape index (κ2) is 14.1. The van der Waals surface area contributed by atoms with Gasteiger partial charge in [0.1, 0.15) is 30.0 Å². The smallest absolute Gasteiger partial charge is 0.264 e. The SMILES string of the molecule is CCOc1ccc(N(CC(=O)N(Cc2ccc(F)cc2)[C@@H](CC)C(=O)NC(C)C)S(=O)(=O)c2ccc(F)cc2)cc1. The molecule has 220 valence electrons. The van der Waals surface area contributed by atoms with E-state index in [1.807, 2.05) is 6.92 Å². The maximum atomic E-state index is 14.0. The summed E-state index contributed by atoms with van der Waals surface area (Å²) in [5.41, 5.74) is 0.733. The van der Waals surface area contributed by atoms with E-state index in [1.54, 1.807) is 32.9 Å². The molecule has 0 aliphatic carbocycles. The zero-order valence-corrected chi connectivity index (χ0v) is 24.3. The van der Waals surface area contributed by atoms with Crippen molar-refractivity contribution in [1.82, 2.24) is 10.2 Å².